The highest BCUT2D eigenvalue weighted by Crippen LogP contribution is 2.63. The Labute approximate surface area is 77.4 Å². The highest BCUT2D eigenvalue weighted by atomic mass is 16.6. The fourth-order valence-corrected chi connectivity index (χ4v) is 3.14. The van der Waals surface area contributed by atoms with Gasteiger partial charge >= 0.3 is 5.97 Å². The summed E-state index contributed by atoms with van der Waals surface area (Å²) in [5.74, 6) is 2.11. The fourth-order valence-electron chi connectivity index (χ4n) is 3.14. The van der Waals surface area contributed by atoms with E-state index in [2.05, 4.69) is 0 Å². The molecule has 72 valence electrons. The van der Waals surface area contributed by atoms with E-state index >= 15 is 0 Å². The summed E-state index contributed by atoms with van der Waals surface area (Å²) in [6.45, 7) is 3.54. The maximum absolute atomic E-state index is 11.2. The number of rotatable bonds is 3. The van der Waals surface area contributed by atoms with Gasteiger partial charge < -0.3 is 9.47 Å². The van der Waals surface area contributed by atoms with Crippen molar-refractivity contribution >= 4 is 5.97 Å². The van der Waals surface area contributed by atoms with Crippen LogP contribution >= 0.6 is 0 Å². The van der Waals surface area contributed by atoms with Gasteiger partial charge in [-0.2, -0.15) is 0 Å². The molecule has 0 aromatic heterocycles. The van der Waals surface area contributed by atoms with E-state index in [1.807, 2.05) is 6.92 Å². The minimum atomic E-state index is 0.0465. The SMILES string of the molecule is CCOCC1C2CC3C(=O)OC1C32. The molecule has 2 aliphatic carbocycles. The molecule has 5 unspecified atom stereocenters. The summed E-state index contributed by atoms with van der Waals surface area (Å²) in [5.41, 5.74) is 0. The van der Waals surface area contributed by atoms with E-state index in [0.717, 1.165) is 25.6 Å². The average molecular weight is 182 g/mol. The number of carbonyl (C=O) groups is 1. The summed E-state index contributed by atoms with van der Waals surface area (Å²) in [6, 6.07) is 0. The molecule has 3 rings (SSSR count). The second kappa shape index (κ2) is 2.47. The molecule has 0 amide bonds. The number of carbonyl (C=O) groups excluding carboxylic acids is 1. The van der Waals surface area contributed by atoms with Crippen LogP contribution in [0.5, 0.6) is 0 Å². The van der Waals surface area contributed by atoms with Gasteiger partial charge in [-0.1, -0.05) is 0 Å². The van der Waals surface area contributed by atoms with E-state index in [9.17, 15) is 4.79 Å². The first-order valence-corrected chi connectivity index (χ1v) is 5.11. The van der Waals surface area contributed by atoms with Crippen LogP contribution in [0, 0.1) is 23.7 Å². The molecule has 3 nitrogen and oxygen atoms in total. The van der Waals surface area contributed by atoms with E-state index in [4.69, 9.17) is 9.47 Å². The zero-order valence-electron chi connectivity index (χ0n) is 7.73. The monoisotopic (exact) mass is 182 g/mol. The predicted molar refractivity (Wildman–Crippen MR) is 45.0 cm³/mol. The molecular weight excluding hydrogens is 168 g/mol. The molecule has 1 saturated heterocycles. The fraction of sp³-hybridized carbons (Fsp3) is 0.900. The van der Waals surface area contributed by atoms with Crippen LogP contribution in [0.25, 0.3) is 0 Å². The van der Waals surface area contributed by atoms with E-state index in [0.29, 0.717) is 11.8 Å². The van der Waals surface area contributed by atoms with Crippen LogP contribution in [0.4, 0.5) is 0 Å². The summed E-state index contributed by atoms with van der Waals surface area (Å²) in [6.07, 6.45) is 1.26. The van der Waals surface area contributed by atoms with E-state index in [-0.39, 0.29) is 18.0 Å². The first kappa shape index (κ1) is 7.80. The molecule has 0 bridgehead atoms. The van der Waals surface area contributed by atoms with Crippen molar-refractivity contribution in [3.63, 3.8) is 0 Å². The summed E-state index contributed by atoms with van der Waals surface area (Å²) >= 11 is 0. The Balaban J connectivity index is 1.66. The molecule has 2 saturated carbocycles. The second-order valence-corrected chi connectivity index (χ2v) is 4.31. The van der Waals surface area contributed by atoms with Crippen LogP contribution in [-0.2, 0) is 14.3 Å². The van der Waals surface area contributed by atoms with Gasteiger partial charge in [-0.25, -0.2) is 0 Å². The molecule has 3 heteroatoms. The van der Waals surface area contributed by atoms with Crippen molar-refractivity contribution in [1.29, 1.82) is 0 Å². The molecule has 0 aromatic carbocycles. The van der Waals surface area contributed by atoms with Crippen LogP contribution in [-0.4, -0.2) is 25.3 Å². The predicted octanol–water partition coefficient (Wildman–Crippen LogP) is 0.830. The quantitative estimate of drug-likeness (QED) is 0.606. The minimum absolute atomic E-state index is 0.0465. The Morgan fingerprint density at radius 3 is 3.23 bits per heavy atom. The number of hydrogen-bond donors (Lipinski definition) is 0. The van der Waals surface area contributed by atoms with Gasteiger partial charge in [-0.05, 0) is 19.3 Å². The van der Waals surface area contributed by atoms with Crippen molar-refractivity contribution in [1.82, 2.24) is 0 Å². The molecule has 0 spiro atoms. The Morgan fingerprint density at radius 1 is 1.62 bits per heavy atom. The van der Waals surface area contributed by atoms with Crippen molar-refractivity contribution < 1.29 is 14.3 Å². The lowest BCUT2D eigenvalue weighted by molar-refractivity contribution is -0.158. The minimum Gasteiger partial charge on any atom is -0.461 e. The lowest BCUT2D eigenvalue weighted by Gasteiger charge is -2.55. The van der Waals surface area contributed by atoms with Gasteiger partial charge in [0.05, 0.1) is 12.5 Å². The third-order valence-electron chi connectivity index (χ3n) is 3.91. The number of esters is 1. The molecule has 5 atom stereocenters. The van der Waals surface area contributed by atoms with Gasteiger partial charge in [-0.15, -0.1) is 0 Å². The smallest absolute Gasteiger partial charge is 0.309 e. The van der Waals surface area contributed by atoms with Crippen molar-refractivity contribution in [2.75, 3.05) is 13.2 Å². The van der Waals surface area contributed by atoms with Crippen LogP contribution in [0.3, 0.4) is 0 Å². The Hall–Kier alpha value is -0.570. The van der Waals surface area contributed by atoms with Crippen LogP contribution in [0.1, 0.15) is 13.3 Å². The maximum Gasteiger partial charge on any atom is 0.309 e. The summed E-state index contributed by atoms with van der Waals surface area (Å²) in [4.78, 5) is 11.2. The highest BCUT2D eigenvalue weighted by molar-refractivity contribution is 5.78. The van der Waals surface area contributed by atoms with Crippen LogP contribution < -0.4 is 0 Å². The molecule has 3 aliphatic rings. The van der Waals surface area contributed by atoms with Gasteiger partial charge in [0.2, 0.25) is 0 Å². The van der Waals surface area contributed by atoms with E-state index in [1.54, 1.807) is 0 Å². The van der Waals surface area contributed by atoms with Crippen molar-refractivity contribution in [3.05, 3.63) is 0 Å². The molecule has 0 N–H and O–H groups in total. The largest absolute Gasteiger partial charge is 0.461 e. The average Bonchev–Trinajstić information content (AvgIpc) is 2.19. The Morgan fingerprint density at radius 2 is 2.46 bits per heavy atom. The molecule has 13 heavy (non-hydrogen) atoms. The van der Waals surface area contributed by atoms with Gasteiger partial charge in [-0.3, -0.25) is 4.79 Å². The zero-order chi connectivity index (χ0) is 9.00. The third-order valence-corrected chi connectivity index (χ3v) is 3.91. The van der Waals surface area contributed by atoms with E-state index < -0.39 is 0 Å². The number of ether oxygens (including phenoxy) is 2. The Kier molecular flexibility index (Phi) is 1.48. The topological polar surface area (TPSA) is 35.5 Å². The summed E-state index contributed by atoms with van der Waals surface area (Å²) < 4.78 is 10.7. The molecular formula is C10H14O3. The molecule has 1 aliphatic heterocycles. The van der Waals surface area contributed by atoms with Gasteiger partial charge in [0, 0.05) is 18.4 Å². The second-order valence-electron chi connectivity index (χ2n) is 4.31. The van der Waals surface area contributed by atoms with Crippen molar-refractivity contribution in [3.8, 4) is 0 Å². The van der Waals surface area contributed by atoms with Gasteiger partial charge in [0.15, 0.2) is 0 Å². The molecule has 1 heterocycles. The lowest BCUT2D eigenvalue weighted by Crippen LogP contribution is -2.59. The summed E-state index contributed by atoms with van der Waals surface area (Å²) in [5, 5.41) is 0. The van der Waals surface area contributed by atoms with E-state index in [1.165, 1.54) is 0 Å². The third kappa shape index (κ3) is 0.810. The zero-order valence-corrected chi connectivity index (χ0v) is 7.73. The number of hydrogen-bond acceptors (Lipinski definition) is 3. The van der Waals surface area contributed by atoms with Gasteiger partial charge in [0.1, 0.15) is 6.10 Å². The van der Waals surface area contributed by atoms with Gasteiger partial charge in [0.25, 0.3) is 0 Å². The summed E-state index contributed by atoms with van der Waals surface area (Å²) in [7, 11) is 0. The van der Waals surface area contributed by atoms with Crippen molar-refractivity contribution in [2.45, 2.75) is 19.4 Å². The Bertz CT molecular complexity index is 251. The van der Waals surface area contributed by atoms with Crippen LogP contribution in [0.15, 0.2) is 0 Å². The molecule has 3 fully saturated rings. The first-order chi connectivity index (χ1) is 6.33. The first-order valence-electron chi connectivity index (χ1n) is 5.11. The molecule has 0 aromatic rings. The van der Waals surface area contributed by atoms with Crippen LogP contribution in [0.2, 0.25) is 0 Å². The standard InChI is InChI=1S/C10H14O3/c1-2-12-4-7-5-3-6-8(5)9(7)13-10(6)11/h5-9H,2-4H2,1H3. The highest BCUT2D eigenvalue weighted by Gasteiger charge is 2.69. The molecule has 0 radical (unpaired) electrons. The maximum atomic E-state index is 11.2. The van der Waals surface area contributed by atoms with Crippen molar-refractivity contribution in [2.24, 2.45) is 23.7 Å². The lowest BCUT2D eigenvalue weighted by atomic mass is 9.48. The normalized spacial score (nSPS) is 50.5.